The minimum atomic E-state index is 0.597. The van der Waals surface area contributed by atoms with Gasteiger partial charge in [-0.2, -0.15) is 0 Å². The van der Waals surface area contributed by atoms with Gasteiger partial charge in [-0.1, -0.05) is 6.92 Å². The zero-order valence-corrected chi connectivity index (χ0v) is 11.7. The van der Waals surface area contributed by atoms with Crippen molar-refractivity contribution >= 4 is 11.6 Å². The fourth-order valence-electron chi connectivity index (χ4n) is 1.62. The first-order chi connectivity index (χ1) is 8.56. The van der Waals surface area contributed by atoms with Crippen molar-refractivity contribution in [1.82, 2.24) is 14.9 Å². The van der Waals surface area contributed by atoms with Crippen molar-refractivity contribution < 1.29 is 0 Å². The summed E-state index contributed by atoms with van der Waals surface area (Å²) in [6.45, 7) is 8.09. The highest BCUT2D eigenvalue weighted by atomic mass is 15.3. The molecular weight excluding hydrogens is 228 g/mol. The van der Waals surface area contributed by atoms with Crippen LogP contribution in [-0.4, -0.2) is 41.0 Å². The molecule has 0 spiro atoms. The number of nitrogens with zero attached hydrogens (tertiary/aromatic N) is 3. The molecule has 0 amide bonds. The van der Waals surface area contributed by atoms with E-state index >= 15 is 0 Å². The summed E-state index contributed by atoms with van der Waals surface area (Å²) in [5.74, 6) is 7.47. The third kappa shape index (κ3) is 4.46. The fraction of sp³-hybridized carbons (Fsp3) is 0.667. The van der Waals surface area contributed by atoms with E-state index in [1.807, 2.05) is 6.92 Å². The van der Waals surface area contributed by atoms with Crippen LogP contribution in [0.4, 0.5) is 11.6 Å². The lowest BCUT2D eigenvalue weighted by molar-refractivity contribution is 0.261. The monoisotopic (exact) mass is 252 g/mol. The van der Waals surface area contributed by atoms with Gasteiger partial charge in [0.2, 0.25) is 0 Å². The Kier molecular flexibility index (Phi) is 5.80. The molecule has 0 aliphatic carbocycles. The SMILES string of the molecule is CCC(C)N(C)CCNc1cc(NN)nc(C)n1. The molecule has 4 N–H and O–H groups in total. The van der Waals surface area contributed by atoms with E-state index in [2.05, 4.69) is 46.5 Å². The Bertz CT molecular complexity index is 368. The summed E-state index contributed by atoms with van der Waals surface area (Å²) in [7, 11) is 2.13. The first-order valence-corrected chi connectivity index (χ1v) is 6.33. The van der Waals surface area contributed by atoms with E-state index < -0.39 is 0 Å². The predicted octanol–water partition coefficient (Wildman–Crippen LogP) is 1.21. The maximum absolute atomic E-state index is 5.35. The molecule has 0 aliphatic rings. The molecule has 0 bridgehead atoms. The molecule has 1 atom stereocenters. The second kappa shape index (κ2) is 7.13. The van der Waals surface area contributed by atoms with Crippen LogP contribution in [0.5, 0.6) is 0 Å². The van der Waals surface area contributed by atoms with Crippen molar-refractivity contribution in [3.8, 4) is 0 Å². The largest absolute Gasteiger partial charge is 0.369 e. The van der Waals surface area contributed by atoms with Gasteiger partial charge in [-0.3, -0.25) is 0 Å². The van der Waals surface area contributed by atoms with Gasteiger partial charge >= 0.3 is 0 Å². The van der Waals surface area contributed by atoms with Crippen LogP contribution in [0.2, 0.25) is 0 Å². The number of aromatic nitrogens is 2. The van der Waals surface area contributed by atoms with E-state index in [9.17, 15) is 0 Å². The molecule has 0 aromatic carbocycles. The molecule has 6 heteroatoms. The van der Waals surface area contributed by atoms with E-state index in [4.69, 9.17) is 5.84 Å². The second-order valence-electron chi connectivity index (χ2n) is 4.49. The normalized spacial score (nSPS) is 12.6. The van der Waals surface area contributed by atoms with Crippen molar-refractivity contribution in [1.29, 1.82) is 0 Å². The first-order valence-electron chi connectivity index (χ1n) is 6.33. The summed E-state index contributed by atoms with van der Waals surface area (Å²) < 4.78 is 0. The van der Waals surface area contributed by atoms with Crippen LogP contribution in [-0.2, 0) is 0 Å². The molecule has 1 aromatic rings. The number of nitrogens with two attached hydrogens (primary N) is 1. The van der Waals surface area contributed by atoms with Gasteiger partial charge in [0.05, 0.1) is 0 Å². The molecule has 0 radical (unpaired) electrons. The summed E-state index contributed by atoms with van der Waals surface area (Å²) in [4.78, 5) is 10.8. The Morgan fingerprint density at radius 3 is 2.67 bits per heavy atom. The van der Waals surface area contributed by atoms with E-state index in [0.29, 0.717) is 17.7 Å². The third-order valence-electron chi connectivity index (χ3n) is 3.10. The maximum atomic E-state index is 5.35. The highest BCUT2D eigenvalue weighted by Gasteiger charge is 2.06. The van der Waals surface area contributed by atoms with E-state index in [0.717, 1.165) is 25.3 Å². The van der Waals surface area contributed by atoms with Gasteiger partial charge in [0, 0.05) is 25.2 Å². The number of hydrogen-bond acceptors (Lipinski definition) is 6. The number of aryl methyl sites for hydroxylation is 1. The Hall–Kier alpha value is -1.40. The smallest absolute Gasteiger partial charge is 0.145 e. The van der Waals surface area contributed by atoms with Crippen molar-refractivity contribution in [3.05, 3.63) is 11.9 Å². The van der Waals surface area contributed by atoms with Crippen LogP contribution in [0.3, 0.4) is 0 Å². The van der Waals surface area contributed by atoms with Gasteiger partial charge in [0.15, 0.2) is 0 Å². The molecule has 1 aromatic heterocycles. The minimum Gasteiger partial charge on any atom is -0.369 e. The van der Waals surface area contributed by atoms with Crippen molar-refractivity contribution in [2.75, 3.05) is 30.9 Å². The summed E-state index contributed by atoms with van der Waals surface area (Å²) in [6, 6.07) is 2.40. The molecule has 6 nitrogen and oxygen atoms in total. The van der Waals surface area contributed by atoms with Crippen LogP contribution in [0, 0.1) is 6.92 Å². The van der Waals surface area contributed by atoms with Crippen molar-refractivity contribution in [2.24, 2.45) is 5.84 Å². The van der Waals surface area contributed by atoms with E-state index in [1.54, 1.807) is 6.07 Å². The van der Waals surface area contributed by atoms with Crippen LogP contribution < -0.4 is 16.6 Å². The van der Waals surface area contributed by atoms with Crippen LogP contribution >= 0.6 is 0 Å². The lowest BCUT2D eigenvalue weighted by Gasteiger charge is -2.23. The van der Waals surface area contributed by atoms with Gasteiger partial charge < -0.3 is 15.6 Å². The average Bonchev–Trinajstić information content (AvgIpc) is 2.36. The molecule has 1 rings (SSSR count). The van der Waals surface area contributed by atoms with Crippen LogP contribution in [0.15, 0.2) is 6.07 Å². The van der Waals surface area contributed by atoms with Crippen molar-refractivity contribution in [2.45, 2.75) is 33.2 Å². The topological polar surface area (TPSA) is 79.1 Å². The van der Waals surface area contributed by atoms with Gasteiger partial charge in [0.1, 0.15) is 17.5 Å². The highest BCUT2D eigenvalue weighted by Crippen LogP contribution is 2.09. The number of nitrogen functional groups attached to an aromatic ring is 1. The quantitative estimate of drug-likeness (QED) is 0.500. The summed E-state index contributed by atoms with van der Waals surface area (Å²) in [5, 5.41) is 3.28. The molecule has 0 saturated heterocycles. The maximum Gasteiger partial charge on any atom is 0.145 e. The average molecular weight is 252 g/mol. The molecule has 0 saturated carbocycles. The van der Waals surface area contributed by atoms with Gasteiger partial charge in [-0.25, -0.2) is 15.8 Å². The zero-order valence-electron chi connectivity index (χ0n) is 11.7. The fourth-order valence-corrected chi connectivity index (χ4v) is 1.62. The van der Waals surface area contributed by atoms with Crippen LogP contribution in [0.25, 0.3) is 0 Å². The Balaban J connectivity index is 2.46. The standard InChI is InChI=1S/C12H24N6/c1-5-9(2)18(4)7-6-14-11-8-12(17-13)16-10(3)15-11/h8-9H,5-7,13H2,1-4H3,(H2,14,15,16,17). The summed E-state index contributed by atoms with van der Waals surface area (Å²) in [5.41, 5.74) is 2.53. The zero-order chi connectivity index (χ0) is 13.5. The summed E-state index contributed by atoms with van der Waals surface area (Å²) in [6.07, 6.45) is 1.16. The number of hydrogen-bond donors (Lipinski definition) is 3. The number of likely N-dealkylation sites (N-methyl/N-ethyl adjacent to an activating group) is 1. The minimum absolute atomic E-state index is 0.597. The molecule has 0 aliphatic heterocycles. The third-order valence-corrected chi connectivity index (χ3v) is 3.10. The lowest BCUT2D eigenvalue weighted by atomic mass is 10.2. The molecule has 1 heterocycles. The predicted molar refractivity (Wildman–Crippen MR) is 75.5 cm³/mol. The van der Waals surface area contributed by atoms with Gasteiger partial charge in [0.25, 0.3) is 0 Å². The Labute approximate surface area is 109 Å². The second-order valence-corrected chi connectivity index (χ2v) is 4.49. The Morgan fingerprint density at radius 2 is 2.06 bits per heavy atom. The number of rotatable bonds is 7. The molecule has 1 unspecified atom stereocenters. The summed E-state index contributed by atoms with van der Waals surface area (Å²) >= 11 is 0. The number of anilines is 2. The van der Waals surface area contributed by atoms with Crippen molar-refractivity contribution in [3.63, 3.8) is 0 Å². The first kappa shape index (κ1) is 14.7. The van der Waals surface area contributed by atoms with Crippen LogP contribution in [0.1, 0.15) is 26.1 Å². The highest BCUT2D eigenvalue weighted by molar-refractivity contribution is 5.46. The molecule has 102 valence electrons. The number of nitrogens with one attached hydrogen (secondary N) is 2. The lowest BCUT2D eigenvalue weighted by Crippen LogP contribution is -2.32. The Morgan fingerprint density at radius 1 is 1.39 bits per heavy atom. The van der Waals surface area contributed by atoms with Gasteiger partial charge in [-0.05, 0) is 27.3 Å². The molecule has 18 heavy (non-hydrogen) atoms. The van der Waals surface area contributed by atoms with Gasteiger partial charge in [-0.15, -0.1) is 0 Å². The molecule has 0 fully saturated rings. The van der Waals surface area contributed by atoms with E-state index in [-0.39, 0.29) is 0 Å². The number of hydrazine groups is 1. The molecular formula is C12H24N6. The van der Waals surface area contributed by atoms with E-state index in [1.165, 1.54) is 0 Å².